The van der Waals surface area contributed by atoms with Gasteiger partial charge in [-0.1, -0.05) is 6.92 Å². The van der Waals surface area contributed by atoms with Gasteiger partial charge in [0, 0.05) is 44.9 Å². The van der Waals surface area contributed by atoms with Crippen LogP contribution in [0, 0.1) is 0 Å². The molecule has 1 rings (SSSR count). The van der Waals surface area contributed by atoms with E-state index in [0.29, 0.717) is 37.0 Å². The SMILES string of the molecule is CCCOc1ccc(CNC(=NC)NCC(CCN(C)C)OCC)c(OC(F)F)c1. The normalized spacial score (nSPS) is 12.9. The molecule has 0 bridgehead atoms. The van der Waals surface area contributed by atoms with E-state index in [-0.39, 0.29) is 18.4 Å². The number of rotatable bonds is 14. The van der Waals surface area contributed by atoms with Gasteiger partial charge in [0.05, 0.1) is 12.7 Å². The highest BCUT2D eigenvalue weighted by atomic mass is 19.3. The monoisotopic (exact) mass is 430 g/mol. The Labute approximate surface area is 178 Å². The Morgan fingerprint density at radius 2 is 1.97 bits per heavy atom. The molecule has 2 N–H and O–H groups in total. The van der Waals surface area contributed by atoms with Gasteiger partial charge in [0.1, 0.15) is 11.5 Å². The van der Waals surface area contributed by atoms with Crippen molar-refractivity contribution in [1.29, 1.82) is 0 Å². The van der Waals surface area contributed by atoms with Crippen molar-refractivity contribution in [2.45, 2.75) is 45.9 Å². The van der Waals surface area contributed by atoms with Gasteiger partial charge >= 0.3 is 6.61 Å². The second-order valence-electron chi connectivity index (χ2n) is 6.97. The Kier molecular flexibility index (Phi) is 12.8. The molecule has 0 heterocycles. The van der Waals surface area contributed by atoms with Gasteiger partial charge in [-0.2, -0.15) is 8.78 Å². The molecular formula is C21H36F2N4O3. The fourth-order valence-corrected chi connectivity index (χ4v) is 2.69. The van der Waals surface area contributed by atoms with Crippen molar-refractivity contribution >= 4 is 5.96 Å². The number of halogens is 2. The molecular weight excluding hydrogens is 394 g/mol. The standard InChI is InChI=1S/C21H36F2N4O3/c1-6-12-29-17-9-8-16(19(13-17)30-20(22)23)14-25-21(24-3)26-15-18(28-7-2)10-11-27(4)5/h8-9,13,18,20H,6-7,10-12,14-15H2,1-5H3,(H2,24,25,26). The van der Waals surface area contributed by atoms with Crippen LogP contribution in [0.3, 0.4) is 0 Å². The number of alkyl halides is 2. The molecule has 0 amide bonds. The molecule has 0 aromatic heterocycles. The summed E-state index contributed by atoms with van der Waals surface area (Å²) < 4.78 is 41.6. The van der Waals surface area contributed by atoms with Crippen LogP contribution in [0.1, 0.15) is 32.3 Å². The van der Waals surface area contributed by atoms with E-state index in [2.05, 4.69) is 25.3 Å². The maximum atomic E-state index is 12.8. The van der Waals surface area contributed by atoms with Crippen LogP contribution in [-0.4, -0.2) is 71.0 Å². The number of nitrogens with one attached hydrogen (secondary N) is 2. The molecule has 0 saturated carbocycles. The molecule has 1 atom stereocenters. The van der Waals surface area contributed by atoms with Crippen molar-refractivity contribution < 1.29 is 23.0 Å². The molecule has 0 aliphatic heterocycles. The van der Waals surface area contributed by atoms with Gasteiger partial charge in [-0.3, -0.25) is 4.99 Å². The molecule has 1 unspecified atom stereocenters. The van der Waals surface area contributed by atoms with E-state index in [0.717, 1.165) is 19.4 Å². The van der Waals surface area contributed by atoms with E-state index in [9.17, 15) is 8.78 Å². The van der Waals surface area contributed by atoms with Gasteiger partial charge in [-0.15, -0.1) is 0 Å². The number of guanidine groups is 1. The van der Waals surface area contributed by atoms with E-state index in [1.54, 1.807) is 19.2 Å². The van der Waals surface area contributed by atoms with Crippen molar-refractivity contribution in [2.24, 2.45) is 4.99 Å². The highest BCUT2D eigenvalue weighted by Crippen LogP contribution is 2.26. The third-order valence-electron chi connectivity index (χ3n) is 4.20. The number of aliphatic imine (C=N–C) groups is 1. The van der Waals surface area contributed by atoms with Gasteiger partial charge in [0.15, 0.2) is 5.96 Å². The van der Waals surface area contributed by atoms with Crippen molar-refractivity contribution in [1.82, 2.24) is 15.5 Å². The third kappa shape index (κ3) is 10.6. The Morgan fingerprint density at radius 3 is 2.57 bits per heavy atom. The van der Waals surface area contributed by atoms with Crippen LogP contribution in [0.5, 0.6) is 11.5 Å². The molecule has 172 valence electrons. The molecule has 0 saturated heterocycles. The summed E-state index contributed by atoms with van der Waals surface area (Å²) in [6.07, 6.45) is 1.76. The average Bonchev–Trinajstić information content (AvgIpc) is 2.70. The zero-order valence-corrected chi connectivity index (χ0v) is 18.7. The van der Waals surface area contributed by atoms with Crippen LogP contribution in [-0.2, 0) is 11.3 Å². The summed E-state index contributed by atoms with van der Waals surface area (Å²) in [7, 11) is 5.70. The van der Waals surface area contributed by atoms with Gasteiger partial charge in [0.2, 0.25) is 0 Å². The lowest BCUT2D eigenvalue weighted by atomic mass is 10.2. The average molecular weight is 431 g/mol. The highest BCUT2D eigenvalue weighted by molar-refractivity contribution is 5.79. The molecule has 0 aliphatic rings. The first-order valence-corrected chi connectivity index (χ1v) is 10.3. The van der Waals surface area contributed by atoms with Gasteiger partial charge < -0.3 is 29.7 Å². The Morgan fingerprint density at radius 1 is 1.20 bits per heavy atom. The van der Waals surface area contributed by atoms with Crippen LogP contribution in [0.2, 0.25) is 0 Å². The van der Waals surface area contributed by atoms with Crippen LogP contribution < -0.4 is 20.1 Å². The molecule has 0 aliphatic carbocycles. The van der Waals surface area contributed by atoms with E-state index < -0.39 is 6.61 Å². The predicted octanol–water partition coefficient (Wildman–Crippen LogP) is 3.10. The topological polar surface area (TPSA) is 67.4 Å². The van der Waals surface area contributed by atoms with Crippen molar-refractivity contribution in [3.63, 3.8) is 0 Å². The lowest BCUT2D eigenvalue weighted by Crippen LogP contribution is -2.42. The van der Waals surface area contributed by atoms with E-state index in [1.165, 1.54) is 6.07 Å². The second-order valence-corrected chi connectivity index (χ2v) is 6.97. The minimum absolute atomic E-state index is 0.0451. The van der Waals surface area contributed by atoms with Crippen LogP contribution in [0.4, 0.5) is 8.78 Å². The van der Waals surface area contributed by atoms with Gasteiger partial charge in [-0.25, -0.2) is 0 Å². The summed E-state index contributed by atoms with van der Waals surface area (Å²) in [6, 6.07) is 4.94. The number of hydrogen-bond acceptors (Lipinski definition) is 5. The van der Waals surface area contributed by atoms with E-state index in [4.69, 9.17) is 9.47 Å². The maximum Gasteiger partial charge on any atom is 0.387 e. The zero-order valence-electron chi connectivity index (χ0n) is 18.7. The molecule has 1 aromatic carbocycles. The minimum atomic E-state index is -2.91. The molecule has 30 heavy (non-hydrogen) atoms. The minimum Gasteiger partial charge on any atom is -0.493 e. The lowest BCUT2D eigenvalue weighted by molar-refractivity contribution is -0.0505. The Balaban J connectivity index is 2.69. The quantitative estimate of drug-likeness (QED) is 0.349. The van der Waals surface area contributed by atoms with Crippen LogP contribution in [0.25, 0.3) is 0 Å². The van der Waals surface area contributed by atoms with Gasteiger partial charge in [-0.05, 0) is 46.0 Å². The first kappa shape index (κ1) is 25.9. The largest absolute Gasteiger partial charge is 0.493 e. The summed E-state index contributed by atoms with van der Waals surface area (Å²) in [4.78, 5) is 6.30. The number of benzene rings is 1. The Bertz CT molecular complexity index is 630. The molecule has 7 nitrogen and oxygen atoms in total. The summed E-state index contributed by atoms with van der Waals surface area (Å²) >= 11 is 0. The van der Waals surface area contributed by atoms with Crippen molar-refractivity contribution in [3.8, 4) is 11.5 Å². The van der Waals surface area contributed by atoms with E-state index in [1.807, 2.05) is 27.9 Å². The van der Waals surface area contributed by atoms with Crippen molar-refractivity contribution in [2.75, 3.05) is 47.4 Å². The molecule has 1 aromatic rings. The molecule has 9 heteroatoms. The fraction of sp³-hybridized carbons (Fsp3) is 0.667. The summed E-state index contributed by atoms with van der Waals surface area (Å²) in [6.45, 7) is 3.95. The number of nitrogens with zero attached hydrogens (tertiary/aromatic N) is 2. The second kappa shape index (κ2) is 14.8. The maximum absolute atomic E-state index is 12.8. The first-order chi connectivity index (χ1) is 14.4. The molecule has 0 radical (unpaired) electrons. The van der Waals surface area contributed by atoms with E-state index >= 15 is 0 Å². The zero-order chi connectivity index (χ0) is 22.4. The summed E-state index contributed by atoms with van der Waals surface area (Å²) in [5.41, 5.74) is 0.580. The van der Waals surface area contributed by atoms with Crippen molar-refractivity contribution in [3.05, 3.63) is 23.8 Å². The van der Waals surface area contributed by atoms with Crippen LogP contribution in [0.15, 0.2) is 23.2 Å². The summed E-state index contributed by atoms with van der Waals surface area (Å²) in [5.74, 6) is 1.14. The number of hydrogen-bond donors (Lipinski definition) is 2. The third-order valence-corrected chi connectivity index (χ3v) is 4.20. The fourth-order valence-electron chi connectivity index (χ4n) is 2.69. The predicted molar refractivity (Wildman–Crippen MR) is 116 cm³/mol. The highest BCUT2D eigenvalue weighted by Gasteiger charge is 2.13. The van der Waals surface area contributed by atoms with Gasteiger partial charge in [0.25, 0.3) is 0 Å². The molecule has 0 fully saturated rings. The smallest absolute Gasteiger partial charge is 0.387 e. The Hall–Kier alpha value is -2.13. The first-order valence-electron chi connectivity index (χ1n) is 10.3. The molecule has 0 spiro atoms. The van der Waals surface area contributed by atoms with Crippen LogP contribution >= 0.6 is 0 Å². The number of ether oxygens (including phenoxy) is 3. The lowest BCUT2D eigenvalue weighted by Gasteiger charge is -2.21. The summed E-state index contributed by atoms with van der Waals surface area (Å²) in [5, 5.41) is 6.36.